The number of nitrogens with one attached hydrogen (secondary N) is 1. The van der Waals surface area contributed by atoms with Crippen LogP contribution in [0.15, 0.2) is 46.9 Å². The zero-order chi connectivity index (χ0) is 14.5. The molecule has 0 saturated heterocycles. The van der Waals surface area contributed by atoms with Crippen molar-refractivity contribution >= 4 is 21.6 Å². The van der Waals surface area contributed by atoms with Crippen molar-refractivity contribution < 1.29 is 9.13 Å². The zero-order valence-corrected chi connectivity index (χ0v) is 13.1. The van der Waals surface area contributed by atoms with E-state index in [1.165, 1.54) is 6.07 Å². The maximum absolute atomic E-state index is 13.6. The van der Waals surface area contributed by atoms with E-state index in [2.05, 4.69) is 21.2 Å². The van der Waals surface area contributed by atoms with Gasteiger partial charge in [-0.25, -0.2) is 4.39 Å². The summed E-state index contributed by atoms with van der Waals surface area (Å²) in [5, 5.41) is 3.37. The van der Waals surface area contributed by atoms with Crippen LogP contribution >= 0.6 is 15.9 Å². The lowest BCUT2D eigenvalue weighted by atomic mass is 10.1. The SMILES string of the molecule is COc1ccc(Br)c(NC(C)Cc2ccccc2F)c1. The molecule has 2 aromatic carbocycles. The van der Waals surface area contributed by atoms with E-state index in [9.17, 15) is 4.39 Å². The van der Waals surface area contributed by atoms with Gasteiger partial charge in [0.25, 0.3) is 0 Å². The molecule has 2 aromatic rings. The second-order valence-electron chi connectivity index (χ2n) is 4.69. The molecule has 1 atom stereocenters. The van der Waals surface area contributed by atoms with Gasteiger partial charge in [-0.15, -0.1) is 0 Å². The van der Waals surface area contributed by atoms with Gasteiger partial charge in [0.05, 0.1) is 12.8 Å². The van der Waals surface area contributed by atoms with Crippen LogP contribution in [0.4, 0.5) is 10.1 Å². The molecule has 2 nitrogen and oxygen atoms in total. The van der Waals surface area contributed by atoms with Gasteiger partial charge in [0, 0.05) is 16.6 Å². The molecule has 20 heavy (non-hydrogen) atoms. The third-order valence-electron chi connectivity index (χ3n) is 3.06. The second kappa shape index (κ2) is 6.75. The van der Waals surface area contributed by atoms with Crippen molar-refractivity contribution in [1.82, 2.24) is 0 Å². The van der Waals surface area contributed by atoms with Crippen molar-refractivity contribution in [1.29, 1.82) is 0 Å². The minimum absolute atomic E-state index is 0.107. The maximum Gasteiger partial charge on any atom is 0.126 e. The summed E-state index contributed by atoms with van der Waals surface area (Å²) < 4.78 is 19.8. The highest BCUT2D eigenvalue weighted by Crippen LogP contribution is 2.28. The average molecular weight is 338 g/mol. The molecule has 0 bridgehead atoms. The van der Waals surface area contributed by atoms with E-state index < -0.39 is 0 Å². The van der Waals surface area contributed by atoms with Gasteiger partial charge in [-0.3, -0.25) is 0 Å². The number of anilines is 1. The number of methoxy groups -OCH3 is 1. The summed E-state index contributed by atoms with van der Waals surface area (Å²) in [7, 11) is 1.63. The van der Waals surface area contributed by atoms with Gasteiger partial charge in [0.2, 0.25) is 0 Å². The molecule has 0 aliphatic carbocycles. The molecule has 0 amide bonds. The largest absolute Gasteiger partial charge is 0.497 e. The van der Waals surface area contributed by atoms with E-state index in [0.717, 1.165) is 15.9 Å². The Labute approximate surface area is 127 Å². The van der Waals surface area contributed by atoms with Crippen LogP contribution in [-0.4, -0.2) is 13.2 Å². The van der Waals surface area contributed by atoms with Gasteiger partial charge in [0.15, 0.2) is 0 Å². The molecule has 4 heteroatoms. The Bertz CT molecular complexity index is 588. The van der Waals surface area contributed by atoms with E-state index in [1.807, 2.05) is 37.3 Å². The Balaban J connectivity index is 2.08. The molecule has 0 saturated carbocycles. The van der Waals surface area contributed by atoms with Gasteiger partial charge in [-0.1, -0.05) is 18.2 Å². The zero-order valence-electron chi connectivity index (χ0n) is 11.5. The van der Waals surface area contributed by atoms with Crippen LogP contribution in [0.1, 0.15) is 12.5 Å². The second-order valence-corrected chi connectivity index (χ2v) is 5.54. The molecule has 0 heterocycles. The van der Waals surface area contributed by atoms with Gasteiger partial charge in [-0.2, -0.15) is 0 Å². The molecule has 106 valence electrons. The first-order valence-electron chi connectivity index (χ1n) is 6.43. The molecule has 0 aliphatic rings. The van der Waals surface area contributed by atoms with Crippen LogP contribution < -0.4 is 10.1 Å². The summed E-state index contributed by atoms with van der Waals surface area (Å²) in [5.41, 5.74) is 1.65. The van der Waals surface area contributed by atoms with Crippen LogP contribution in [0.25, 0.3) is 0 Å². The molecule has 0 fully saturated rings. The Morgan fingerprint density at radius 2 is 2.00 bits per heavy atom. The first-order valence-corrected chi connectivity index (χ1v) is 7.23. The highest BCUT2D eigenvalue weighted by atomic mass is 79.9. The fourth-order valence-corrected chi connectivity index (χ4v) is 2.41. The lowest BCUT2D eigenvalue weighted by molar-refractivity contribution is 0.415. The molecular weight excluding hydrogens is 321 g/mol. The topological polar surface area (TPSA) is 21.3 Å². The summed E-state index contributed by atoms with van der Waals surface area (Å²) in [6.07, 6.45) is 0.621. The van der Waals surface area contributed by atoms with E-state index in [1.54, 1.807) is 13.2 Å². The van der Waals surface area contributed by atoms with Gasteiger partial charge in [-0.05, 0) is 53.0 Å². The van der Waals surface area contributed by atoms with Crippen LogP contribution in [0.5, 0.6) is 5.75 Å². The number of ether oxygens (including phenoxy) is 1. The number of hydrogen-bond donors (Lipinski definition) is 1. The Morgan fingerprint density at radius 3 is 2.70 bits per heavy atom. The molecule has 0 aliphatic heterocycles. The van der Waals surface area contributed by atoms with Gasteiger partial charge < -0.3 is 10.1 Å². The smallest absolute Gasteiger partial charge is 0.126 e. The highest BCUT2D eigenvalue weighted by Gasteiger charge is 2.09. The molecule has 1 unspecified atom stereocenters. The third-order valence-corrected chi connectivity index (χ3v) is 3.75. The summed E-state index contributed by atoms with van der Waals surface area (Å²) in [4.78, 5) is 0. The summed E-state index contributed by atoms with van der Waals surface area (Å²) in [6, 6.07) is 12.7. The number of hydrogen-bond acceptors (Lipinski definition) is 2. The fourth-order valence-electron chi connectivity index (χ4n) is 2.05. The predicted molar refractivity (Wildman–Crippen MR) is 83.9 cm³/mol. The summed E-state index contributed by atoms with van der Waals surface area (Å²) >= 11 is 3.50. The first-order chi connectivity index (χ1) is 9.60. The first kappa shape index (κ1) is 14.9. The van der Waals surface area contributed by atoms with Crippen LogP contribution in [0.3, 0.4) is 0 Å². The Hall–Kier alpha value is -1.55. The van der Waals surface area contributed by atoms with Crippen LogP contribution in [-0.2, 0) is 6.42 Å². The minimum Gasteiger partial charge on any atom is -0.497 e. The van der Waals surface area contributed by atoms with E-state index in [-0.39, 0.29) is 11.9 Å². The fraction of sp³-hybridized carbons (Fsp3) is 0.250. The maximum atomic E-state index is 13.6. The average Bonchev–Trinajstić information content (AvgIpc) is 2.44. The third kappa shape index (κ3) is 3.73. The van der Waals surface area contributed by atoms with Crippen molar-refractivity contribution in [3.05, 3.63) is 58.3 Å². The van der Waals surface area contributed by atoms with Crippen molar-refractivity contribution in [2.75, 3.05) is 12.4 Å². The molecule has 1 N–H and O–H groups in total. The summed E-state index contributed by atoms with van der Waals surface area (Å²) in [6.45, 7) is 2.03. The number of halogens is 2. The quantitative estimate of drug-likeness (QED) is 0.858. The molecule has 0 spiro atoms. The van der Waals surface area contributed by atoms with E-state index >= 15 is 0 Å². The minimum atomic E-state index is -0.161. The lowest BCUT2D eigenvalue weighted by Crippen LogP contribution is -2.19. The Kier molecular flexibility index (Phi) is 5.01. The van der Waals surface area contributed by atoms with Crippen molar-refractivity contribution in [3.8, 4) is 5.75 Å². The monoisotopic (exact) mass is 337 g/mol. The van der Waals surface area contributed by atoms with Crippen LogP contribution in [0, 0.1) is 5.82 Å². The van der Waals surface area contributed by atoms with Gasteiger partial charge in [0.1, 0.15) is 11.6 Å². The molecule has 0 radical (unpaired) electrons. The van der Waals surface area contributed by atoms with Gasteiger partial charge >= 0.3 is 0 Å². The summed E-state index contributed by atoms with van der Waals surface area (Å²) in [5.74, 6) is 0.625. The van der Waals surface area contributed by atoms with Crippen LogP contribution in [0.2, 0.25) is 0 Å². The predicted octanol–water partition coefficient (Wildman–Crippen LogP) is 4.64. The van der Waals surface area contributed by atoms with E-state index in [4.69, 9.17) is 4.74 Å². The van der Waals surface area contributed by atoms with Crippen molar-refractivity contribution in [3.63, 3.8) is 0 Å². The molecule has 2 rings (SSSR count). The highest BCUT2D eigenvalue weighted by molar-refractivity contribution is 9.10. The number of rotatable bonds is 5. The normalized spacial score (nSPS) is 12.0. The number of benzene rings is 2. The Morgan fingerprint density at radius 1 is 1.25 bits per heavy atom. The van der Waals surface area contributed by atoms with Crippen molar-refractivity contribution in [2.45, 2.75) is 19.4 Å². The molecule has 0 aromatic heterocycles. The van der Waals surface area contributed by atoms with E-state index in [0.29, 0.717) is 12.0 Å². The molecular formula is C16H17BrFNO. The lowest BCUT2D eigenvalue weighted by Gasteiger charge is -2.17. The van der Waals surface area contributed by atoms with Crippen molar-refractivity contribution in [2.24, 2.45) is 0 Å². The standard InChI is InChI=1S/C16H17BrFNO/c1-11(9-12-5-3-4-6-15(12)18)19-16-10-13(20-2)7-8-14(16)17/h3-8,10-11,19H,9H2,1-2H3.